The first-order valence-corrected chi connectivity index (χ1v) is 5.52. The predicted octanol–water partition coefficient (Wildman–Crippen LogP) is 1.95. The Kier molecular flexibility index (Phi) is 5.18. The second kappa shape index (κ2) is 6.66. The molecule has 1 rings (SSSR count). The lowest BCUT2D eigenvalue weighted by molar-refractivity contribution is -0.119. The SMILES string of the molecule is CCN(C(=O)CCOC)c1ccc(C#N)cc1. The molecule has 1 aromatic carbocycles. The zero-order valence-corrected chi connectivity index (χ0v) is 10.1. The summed E-state index contributed by atoms with van der Waals surface area (Å²) in [6.07, 6.45) is 0.365. The van der Waals surface area contributed by atoms with E-state index in [9.17, 15) is 4.79 Å². The predicted molar refractivity (Wildman–Crippen MR) is 65.7 cm³/mol. The Bertz CT molecular complexity index is 406. The molecule has 0 saturated heterocycles. The second-order valence-corrected chi connectivity index (χ2v) is 3.54. The number of benzene rings is 1. The van der Waals surface area contributed by atoms with Crippen LogP contribution in [0.1, 0.15) is 18.9 Å². The van der Waals surface area contributed by atoms with E-state index in [1.807, 2.05) is 6.92 Å². The molecule has 0 aliphatic heterocycles. The van der Waals surface area contributed by atoms with Crippen LogP contribution in [0.3, 0.4) is 0 Å². The van der Waals surface area contributed by atoms with Gasteiger partial charge in [-0.3, -0.25) is 4.79 Å². The minimum absolute atomic E-state index is 0.0269. The summed E-state index contributed by atoms with van der Waals surface area (Å²) in [5, 5.41) is 8.70. The molecule has 0 unspecified atom stereocenters. The molecule has 0 atom stereocenters. The van der Waals surface area contributed by atoms with Crippen molar-refractivity contribution in [3.63, 3.8) is 0 Å². The fraction of sp³-hybridized carbons (Fsp3) is 0.385. The normalized spacial score (nSPS) is 9.71. The summed E-state index contributed by atoms with van der Waals surface area (Å²) in [6.45, 7) is 2.95. The summed E-state index contributed by atoms with van der Waals surface area (Å²) in [6, 6.07) is 9.04. The Labute approximate surface area is 101 Å². The lowest BCUT2D eigenvalue weighted by Gasteiger charge is -2.20. The second-order valence-electron chi connectivity index (χ2n) is 3.54. The summed E-state index contributed by atoms with van der Waals surface area (Å²) in [7, 11) is 1.57. The van der Waals surface area contributed by atoms with Gasteiger partial charge in [-0.25, -0.2) is 0 Å². The van der Waals surface area contributed by atoms with Crippen molar-refractivity contribution in [2.45, 2.75) is 13.3 Å². The van der Waals surface area contributed by atoms with E-state index in [1.54, 1.807) is 36.3 Å². The zero-order chi connectivity index (χ0) is 12.7. The van der Waals surface area contributed by atoms with Crippen molar-refractivity contribution in [3.8, 4) is 6.07 Å². The molecule has 0 fully saturated rings. The highest BCUT2D eigenvalue weighted by atomic mass is 16.5. The van der Waals surface area contributed by atoms with Crippen LogP contribution >= 0.6 is 0 Å². The lowest BCUT2D eigenvalue weighted by Crippen LogP contribution is -2.31. The van der Waals surface area contributed by atoms with Crippen molar-refractivity contribution in [2.75, 3.05) is 25.2 Å². The van der Waals surface area contributed by atoms with E-state index in [2.05, 4.69) is 6.07 Å². The van der Waals surface area contributed by atoms with Crippen molar-refractivity contribution < 1.29 is 9.53 Å². The van der Waals surface area contributed by atoms with Gasteiger partial charge < -0.3 is 9.64 Å². The van der Waals surface area contributed by atoms with Crippen molar-refractivity contribution in [1.82, 2.24) is 0 Å². The minimum Gasteiger partial charge on any atom is -0.384 e. The monoisotopic (exact) mass is 232 g/mol. The third-order valence-corrected chi connectivity index (χ3v) is 2.45. The molecule has 4 heteroatoms. The van der Waals surface area contributed by atoms with Crippen molar-refractivity contribution >= 4 is 11.6 Å². The number of hydrogen-bond acceptors (Lipinski definition) is 3. The summed E-state index contributed by atoms with van der Waals surface area (Å²) >= 11 is 0. The molecule has 1 aromatic rings. The smallest absolute Gasteiger partial charge is 0.229 e. The molecule has 0 bridgehead atoms. The van der Waals surface area contributed by atoms with Crippen LogP contribution < -0.4 is 4.90 Å². The zero-order valence-electron chi connectivity index (χ0n) is 10.1. The molecule has 0 aliphatic rings. The molecule has 0 N–H and O–H groups in total. The quantitative estimate of drug-likeness (QED) is 0.779. The average Bonchev–Trinajstić information content (AvgIpc) is 2.38. The molecule has 0 saturated carbocycles. The Morgan fingerprint density at radius 3 is 2.53 bits per heavy atom. The van der Waals surface area contributed by atoms with Crippen molar-refractivity contribution in [2.24, 2.45) is 0 Å². The molecule has 17 heavy (non-hydrogen) atoms. The summed E-state index contributed by atoms with van der Waals surface area (Å²) in [5.41, 5.74) is 1.40. The standard InChI is InChI=1S/C13H16N2O2/c1-3-15(13(16)8-9-17-2)12-6-4-11(10-14)5-7-12/h4-7H,3,8-9H2,1-2H3. The highest BCUT2D eigenvalue weighted by Crippen LogP contribution is 2.15. The highest BCUT2D eigenvalue weighted by Gasteiger charge is 2.13. The topological polar surface area (TPSA) is 53.3 Å². The summed E-state index contributed by atoms with van der Waals surface area (Å²) < 4.78 is 4.89. The van der Waals surface area contributed by atoms with E-state index in [4.69, 9.17) is 10.00 Å². The molecule has 0 aromatic heterocycles. The van der Waals surface area contributed by atoms with E-state index in [0.717, 1.165) is 5.69 Å². The van der Waals surface area contributed by atoms with Gasteiger partial charge in [0, 0.05) is 19.3 Å². The lowest BCUT2D eigenvalue weighted by atomic mass is 10.2. The first-order valence-electron chi connectivity index (χ1n) is 5.52. The van der Waals surface area contributed by atoms with E-state index in [0.29, 0.717) is 25.1 Å². The molecule has 0 heterocycles. The fourth-order valence-electron chi connectivity index (χ4n) is 1.54. The number of carbonyl (C=O) groups excluding carboxylic acids is 1. The van der Waals surface area contributed by atoms with Crippen LogP contribution in [0, 0.1) is 11.3 Å². The van der Waals surface area contributed by atoms with Gasteiger partial charge in [0.25, 0.3) is 0 Å². The van der Waals surface area contributed by atoms with Gasteiger partial charge in [0.2, 0.25) is 5.91 Å². The first kappa shape index (κ1) is 13.2. The number of carbonyl (C=O) groups is 1. The Morgan fingerprint density at radius 1 is 1.41 bits per heavy atom. The molecule has 1 amide bonds. The molecule has 0 aliphatic carbocycles. The van der Waals surface area contributed by atoms with Crippen LogP contribution in [-0.2, 0) is 9.53 Å². The van der Waals surface area contributed by atoms with E-state index in [-0.39, 0.29) is 5.91 Å². The molecule has 90 valence electrons. The van der Waals surface area contributed by atoms with Crippen LogP contribution in [0.2, 0.25) is 0 Å². The van der Waals surface area contributed by atoms with Gasteiger partial charge in [0.15, 0.2) is 0 Å². The van der Waals surface area contributed by atoms with Crippen molar-refractivity contribution in [3.05, 3.63) is 29.8 Å². The third-order valence-electron chi connectivity index (χ3n) is 2.45. The molecular formula is C13H16N2O2. The van der Waals surface area contributed by atoms with E-state index in [1.165, 1.54) is 0 Å². The fourth-order valence-corrected chi connectivity index (χ4v) is 1.54. The largest absolute Gasteiger partial charge is 0.384 e. The molecule has 0 radical (unpaired) electrons. The number of nitriles is 1. The average molecular weight is 232 g/mol. The van der Waals surface area contributed by atoms with Gasteiger partial charge in [-0.1, -0.05) is 0 Å². The summed E-state index contributed by atoms with van der Waals surface area (Å²) in [4.78, 5) is 13.5. The van der Waals surface area contributed by atoms with Crippen LogP contribution in [-0.4, -0.2) is 26.2 Å². The van der Waals surface area contributed by atoms with Gasteiger partial charge in [0.1, 0.15) is 0 Å². The minimum atomic E-state index is 0.0269. The molecule has 0 spiro atoms. The van der Waals surface area contributed by atoms with E-state index >= 15 is 0 Å². The number of amides is 1. The Balaban J connectivity index is 2.79. The van der Waals surface area contributed by atoms with Gasteiger partial charge in [-0.15, -0.1) is 0 Å². The number of hydrogen-bond donors (Lipinski definition) is 0. The van der Waals surface area contributed by atoms with Gasteiger partial charge >= 0.3 is 0 Å². The number of rotatable bonds is 5. The van der Waals surface area contributed by atoms with Crippen LogP contribution in [0.15, 0.2) is 24.3 Å². The summed E-state index contributed by atoms with van der Waals surface area (Å²) in [5.74, 6) is 0.0269. The number of nitrogens with zero attached hydrogens (tertiary/aromatic N) is 2. The number of methoxy groups -OCH3 is 1. The highest BCUT2D eigenvalue weighted by molar-refractivity contribution is 5.93. The van der Waals surface area contributed by atoms with E-state index < -0.39 is 0 Å². The van der Waals surface area contributed by atoms with Crippen molar-refractivity contribution in [1.29, 1.82) is 5.26 Å². The van der Waals surface area contributed by atoms with Gasteiger partial charge in [-0.05, 0) is 31.2 Å². The van der Waals surface area contributed by atoms with Crippen LogP contribution in [0.5, 0.6) is 0 Å². The maximum atomic E-state index is 11.9. The maximum Gasteiger partial charge on any atom is 0.229 e. The van der Waals surface area contributed by atoms with Crippen LogP contribution in [0.25, 0.3) is 0 Å². The van der Waals surface area contributed by atoms with Gasteiger partial charge in [0.05, 0.1) is 24.7 Å². The Hall–Kier alpha value is -1.86. The number of anilines is 1. The Morgan fingerprint density at radius 2 is 2.06 bits per heavy atom. The number of ether oxygens (including phenoxy) is 1. The first-order chi connectivity index (χ1) is 8.22. The molecule has 4 nitrogen and oxygen atoms in total. The maximum absolute atomic E-state index is 11.9. The van der Waals surface area contributed by atoms with Crippen LogP contribution in [0.4, 0.5) is 5.69 Å². The molecular weight excluding hydrogens is 216 g/mol. The van der Waals surface area contributed by atoms with Gasteiger partial charge in [-0.2, -0.15) is 5.26 Å². The third kappa shape index (κ3) is 3.58.